The number of benzene rings is 22. The molecule has 22 aromatic carbocycles. The van der Waals surface area contributed by atoms with Crippen molar-refractivity contribution in [1.82, 2.24) is 13.7 Å². The van der Waals surface area contributed by atoms with Gasteiger partial charge in [0, 0.05) is 49.4 Å². The average molecular weight is 1730 g/mol. The van der Waals surface area contributed by atoms with Gasteiger partial charge in [-0.3, -0.25) is 0 Å². The highest BCUT2D eigenvalue weighted by Crippen LogP contribution is 2.63. The van der Waals surface area contributed by atoms with E-state index in [0.717, 1.165) is 5.69 Å². The summed E-state index contributed by atoms with van der Waals surface area (Å²) in [6.07, 6.45) is 0. The highest BCUT2D eigenvalue weighted by atomic mass is 28.3. The fourth-order valence-electron chi connectivity index (χ4n) is 22.3. The van der Waals surface area contributed by atoms with Crippen molar-refractivity contribution in [2.24, 2.45) is 0 Å². The van der Waals surface area contributed by atoms with Crippen LogP contribution in [0.1, 0.15) is 22.3 Å². The Morgan fingerprint density at radius 2 is 0.430 bits per heavy atom. The van der Waals surface area contributed by atoms with Gasteiger partial charge in [-0.05, 0) is 252 Å². The molecule has 3 aromatic heterocycles. The highest BCUT2D eigenvalue weighted by Gasteiger charge is 2.52. The fraction of sp³-hybridized carbons (Fsp3) is 0.00763. The summed E-state index contributed by atoms with van der Waals surface area (Å²) >= 11 is 0. The van der Waals surface area contributed by atoms with Gasteiger partial charge in [0.25, 0.3) is 0 Å². The van der Waals surface area contributed by atoms with Crippen LogP contribution in [0.15, 0.2) is 540 Å². The molecule has 3 heterocycles. The molecule has 0 N–H and O–H groups in total. The van der Waals surface area contributed by atoms with Crippen LogP contribution < -0.4 is 20.7 Å². The molecule has 632 valence electrons. The van der Waals surface area contributed by atoms with Crippen molar-refractivity contribution in [2.75, 3.05) is 0 Å². The minimum atomic E-state index is -2.62. The number of rotatable bonds is 13. The van der Waals surface area contributed by atoms with E-state index in [0.29, 0.717) is 0 Å². The van der Waals surface area contributed by atoms with Gasteiger partial charge in [0.15, 0.2) is 8.07 Å². The molecule has 0 radical (unpaired) electrons. The molecular formula is C131H89N3Si. The molecule has 2 aliphatic rings. The van der Waals surface area contributed by atoms with Crippen molar-refractivity contribution in [2.45, 2.75) is 5.41 Å². The van der Waals surface area contributed by atoms with Crippen molar-refractivity contribution < 1.29 is 0 Å². The van der Waals surface area contributed by atoms with E-state index in [1.54, 1.807) is 0 Å². The van der Waals surface area contributed by atoms with Gasteiger partial charge in [0.2, 0.25) is 0 Å². The molecule has 1 spiro atoms. The first-order valence-corrected chi connectivity index (χ1v) is 48.7. The van der Waals surface area contributed by atoms with Crippen molar-refractivity contribution in [3.63, 3.8) is 0 Å². The largest absolute Gasteiger partial charge is 0.309 e. The summed E-state index contributed by atoms with van der Waals surface area (Å²) in [5, 5.41) is 15.7. The predicted molar refractivity (Wildman–Crippen MR) is 572 cm³/mol. The van der Waals surface area contributed by atoms with Gasteiger partial charge >= 0.3 is 0 Å². The molecule has 0 atom stereocenters. The van der Waals surface area contributed by atoms with E-state index in [1.807, 2.05) is 0 Å². The maximum atomic E-state index is 2.49. The van der Waals surface area contributed by atoms with Gasteiger partial charge in [-0.1, -0.05) is 431 Å². The van der Waals surface area contributed by atoms with Crippen LogP contribution in [0.2, 0.25) is 0 Å². The SMILES string of the molecule is c1ccc(-c2ccc(-n3c4ccccc4c4cc(-c5cc(-c6ccccc6)cc(-c6ccccc6)c5)ccc43)cc2)cc1.c1ccc(-n2c3ccccc3c3cc(-c4ccc(-c5ccc6c(c5)C5(c7ccccc7-c7ccccc75)c5ccccc5-6)cc4)ccc32)cc1.c1ccc([Si](c2ccccc2)(c2ccccc2)c2ccc3c(c2)c2ccccc2n3-c2ccc3ccccc3c2)cc1. The maximum absolute atomic E-state index is 2.62. The van der Waals surface area contributed by atoms with Gasteiger partial charge < -0.3 is 13.7 Å². The van der Waals surface area contributed by atoms with E-state index in [4.69, 9.17) is 0 Å². The second-order valence-electron chi connectivity index (χ2n) is 35.6. The number of para-hydroxylation sites is 4. The topological polar surface area (TPSA) is 14.8 Å². The van der Waals surface area contributed by atoms with Crippen LogP contribution in [0, 0.1) is 0 Å². The lowest BCUT2D eigenvalue weighted by molar-refractivity contribution is 0.794. The van der Waals surface area contributed by atoms with Gasteiger partial charge in [-0.2, -0.15) is 0 Å². The van der Waals surface area contributed by atoms with Crippen LogP contribution in [-0.4, -0.2) is 21.8 Å². The molecule has 4 heteroatoms. The van der Waals surface area contributed by atoms with Crippen LogP contribution in [0.4, 0.5) is 0 Å². The minimum Gasteiger partial charge on any atom is -0.309 e. The van der Waals surface area contributed by atoms with Crippen molar-refractivity contribution in [3.8, 4) is 106 Å². The Labute approximate surface area is 786 Å². The Balaban J connectivity index is 0.000000109. The Morgan fingerprint density at radius 1 is 0.141 bits per heavy atom. The zero-order valence-electron chi connectivity index (χ0n) is 74.2. The minimum absolute atomic E-state index is 0.330. The van der Waals surface area contributed by atoms with E-state index in [1.165, 1.54) is 220 Å². The molecule has 0 fully saturated rings. The maximum Gasteiger partial charge on any atom is 0.179 e. The quantitative estimate of drug-likeness (QED) is 0.0807. The van der Waals surface area contributed by atoms with E-state index in [9.17, 15) is 0 Å². The Hall–Kier alpha value is -17.3. The van der Waals surface area contributed by atoms with E-state index in [-0.39, 0.29) is 5.41 Å². The standard InChI is InChI=1S/C49H31N.C42H29N.C40H29NSi/c1-2-12-36(13-3-1)50-47-21-11-7-17-41(47)42-30-34(27-29-48(42)50)32-22-24-33(25-23-32)35-26-28-40-39-16-6-10-20-45(39)49(46(40)31-35)43-18-8-4-14-37(43)38-15-5-9-19-44(38)49;1-4-12-30(13-5-1)33-20-23-38(24-21-33)43-41-19-11-10-18-39(41)40-29-34(22-25-42(40)43)37-27-35(31-14-6-2-7-15-31)26-36(28-37)32-16-8-3-9-17-32;1-4-16-33(17-5-1)42(34-18-6-2-7-19-34,35-20-8-3-9-21-35)36-26-27-40-38(29-36)37-22-12-13-23-39(37)41(40)32-25-24-30-14-10-11-15-31(30)28-32/h1-31H;1-29H;1-29H. The van der Waals surface area contributed by atoms with Gasteiger partial charge in [-0.15, -0.1) is 0 Å². The van der Waals surface area contributed by atoms with Crippen LogP contribution in [-0.2, 0) is 5.41 Å². The molecule has 0 unspecified atom stereocenters. The van der Waals surface area contributed by atoms with Crippen molar-refractivity contribution >= 4 is 105 Å². The van der Waals surface area contributed by atoms with Crippen LogP contribution >= 0.6 is 0 Å². The molecule has 2 aliphatic carbocycles. The third-order valence-electron chi connectivity index (χ3n) is 28.3. The first-order chi connectivity index (χ1) is 67.0. The Morgan fingerprint density at radius 3 is 0.896 bits per heavy atom. The number of fused-ring (bicyclic) bond motifs is 20. The monoisotopic (exact) mass is 1730 g/mol. The van der Waals surface area contributed by atoms with Gasteiger partial charge in [0.05, 0.1) is 38.5 Å². The molecule has 0 amide bonds. The van der Waals surface area contributed by atoms with Crippen LogP contribution in [0.5, 0.6) is 0 Å². The molecule has 0 bridgehead atoms. The second-order valence-corrected chi connectivity index (χ2v) is 39.4. The summed E-state index contributed by atoms with van der Waals surface area (Å²) in [5.74, 6) is 0. The predicted octanol–water partition coefficient (Wildman–Crippen LogP) is 31.2. The Kier molecular flexibility index (Phi) is 19.9. The van der Waals surface area contributed by atoms with Crippen LogP contribution in [0.3, 0.4) is 0 Å². The molecule has 135 heavy (non-hydrogen) atoms. The lowest BCUT2D eigenvalue weighted by Gasteiger charge is -2.34. The lowest BCUT2D eigenvalue weighted by atomic mass is 9.70. The number of aromatic nitrogens is 3. The molecule has 27 rings (SSSR count). The number of hydrogen-bond acceptors (Lipinski definition) is 0. The molecular weight excluding hydrogens is 1640 g/mol. The van der Waals surface area contributed by atoms with Gasteiger partial charge in [0.1, 0.15) is 0 Å². The third-order valence-corrected chi connectivity index (χ3v) is 33.1. The molecule has 0 saturated heterocycles. The van der Waals surface area contributed by atoms with E-state index < -0.39 is 8.07 Å². The van der Waals surface area contributed by atoms with Crippen molar-refractivity contribution in [3.05, 3.63) is 562 Å². The fourth-order valence-corrected chi connectivity index (χ4v) is 27.0. The third kappa shape index (κ3) is 13.5. The number of hydrogen-bond donors (Lipinski definition) is 0. The average Bonchev–Trinajstić information content (AvgIpc) is 1.51. The molecule has 0 aliphatic heterocycles. The van der Waals surface area contributed by atoms with E-state index in [2.05, 4.69) is 554 Å². The van der Waals surface area contributed by atoms with Crippen molar-refractivity contribution in [1.29, 1.82) is 0 Å². The summed E-state index contributed by atoms with van der Waals surface area (Å²) in [6, 6.07) is 198. The first kappa shape index (κ1) is 79.8. The van der Waals surface area contributed by atoms with Crippen LogP contribution in [0.25, 0.3) is 182 Å². The second kappa shape index (κ2) is 33.6. The molecule has 25 aromatic rings. The summed E-state index contributed by atoms with van der Waals surface area (Å²) in [7, 11) is -2.62. The number of nitrogens with zero attached hydrogens (tertiary/aromatic N) is 3. The summed E-state index contributed by atoms with van der Waals surface area (Å²) in [4.78, 5) is 0. The Bertz CT molecular complexity index is 8590. The highest BCUT2D eigenvalue weighted by molar-refractivity contribution is 7.20. The summed E-state index contributed by atoms with van der Waals surface area (Å²) < 4.78 is 7.19. The lowest BCUT2D eigenvalue weighted by Crippen LogP contribution is -2.74. The zero-order valence-corrected chi connectivity index (χ0v) is 75.2. The normalized spacial score (nSPS) is 12.2. The first-order valence-electron chi connectivity index (χ1n) is 46.7. The zero-order chi connectivity index (χ0) is 89.3. The summed E-state index contributed by atoms with van der Waals surface area (Å²) in [5.41, 5.74) is 36.0. The molecule has 0 saturated carbocycles. The molecule has 3 nitrogen and oxygen atoms in total. The smallest absolute Gasteiger partial charge is 0.179 e. The van der Waals surface area contributed by atoms with E-state index >= 15 is 0 Å². The van der Waals surface area contributed by atoms with Gasteiger partial charge in [-0.25, -0.2) is 0 Å². The summed E-state index contributed by atoms with van der Waals surface area (Å²) in [6.45, 7) is 0.